The Morgan fingerprint density at radius 3 is 1.98 bits per heavy atom. The smallest absolute Gasteiger partial charge is 0.164 e. The van der Waals surface area contributed by atoms with Crippen LogP contribution in [0.4, 0.5) is 0 Å². The topological polar surface area (TPSA) is 43.6 Å². The monoisotopic (exact) mass is 602 g/mol. The number of allylic oxidation sites excluding steroid dienone is 12. The van der Waals surface area contributed by atoms with Gasteiger partial charge in [-0.05, 0) is 81.7 Å². The zero-order chi connectivity index (χ0) is 33.1. The molecule has 0 fully saturated rings. The van der Waals surface area contributed by atoms with E-state index in [9.17, 15) is 0 Å². The predicted molar refractivity (Wildman–Crippen MR) is 200 cm³/mol. The van der Waals surface area contributed by atoms with Crippen molar-refractivity contribution in [1.29, 1.82) is 0 Å². The minimum absolute atomic E-state index is 0.589. The van der Waals surface area contributed by atoms with Gasteiger partial charge in [0, 0.05) is 33.7 Å². The fraction of sp³-hybridized carbons (Fsp3) is 0.119. The zero-order valence-electron chi connectivity index (χ0n) is 27.5. The molecule has 0 unspecified atom stereocenters. The van der Waals surface area contributed by atoms with E-state index in [0.29, 0.717) is 17.5 Å². The number of hydrogen-bond donors (Lipinski definition) is 0. The standard InChI is InChI=1S/C42H42N4/c1-9-16-27-39-30(8)37(22-13-5)38(15-7)46(39)36-26-18-24-34(29-36)33-23-17-25-35(28-33)42-44-40(31(14-6)19-10-2)43-41(45-42)32(20-11-3)21-12-4/h9-29H,1,3,7H2,2,4-6,8H3/b19-10-,21-12-,22-13-,27-16-,31-14+,32-20+. The van der Waals surface area contributed by atoms with Gasteiger partial charge in [0.25, 0.3) is 0 Å². The Morgan fingerprint density at radius 2 is 1.35 bits per heavy atom. The second-order valence-corrected chi connectivity index (χ2v) is 10.5. The third kappa shape index (κ3) is 7.19. The van der Waals surface area contributed by atoms with E-state index in [-0.39, 0.29) is 0 Å². The zero-order valence-corrected chi connectivity index (χ0v) is 27.5. The second kappa shape index (κ2) is 15.9. The summed E-state index contributed by atoms with van der Waals surface area (Å²) < 4.78 is 2.25. The first-order valence-electron chi connectivity index (χ1n) is 15.5. The maximum Gasteiger partial charge on any atom is 0.164 e. The molecule has 0 atom stereocenters. The van der Waals surface area contributed by atoms with Crippen molar-refractivity contribution >= 4 is 29.4 Å². The maximum absolute atomic E-state index is 4.93. The van der Waals surface area contributed by atoms with Gasteiger partial charge in [-0.3, -0.25) is 0 Å². The molecule has 0 radical (unpaired) electrons. The van der Waals surface area contributed by atoms with E-state index < -0.39 is 0 Å². The van der Waals surface area contributed by atoms with Crippen LogP contribution >= 0.6 is 0 Å². The van der Waals surface area contributed by atoms with Gasteiger partial charge in [0.05, 0.1) is 5.69 Å². The van der Waals surface area contributed by atoms with Crippen molar-refractivity contribution < 1.29 is 0 Å². The van der Waals surface area contributed by atoms with Crippen LogP contribution in [-0.2, 0) is 0 Å². The quantitative estimate of drug-likeness (QED) is 0.152. The van der Waals surface area contributed by atoms with E-state index in [2.05, 4.69) is 85.9 Å². The molecule has 0 aliphatic heterocycles. The van der Waals surface area contributed by atoms with Crippen LogP contribution in [0.15, 0.2) is 129 Å². The number of nitrogens with zero attached hydrogens (tertiary/aromatic N) is 4. The largest absolute Gasteiger partial charge is 0.310 e. The molecule has 4 heteroatoms. The molecule has 0 saturated carbocycles. The van der Waals surface area contributed by atoms with Gasteiger partial charge in [0.1, 0.15) is 0 Å². The Morgan fingerprint density at radius 1 is 0.696 bits per heavy atom. The normalized spacial score (nSPS) is 12.6. The maximum atomic E-state index is 4.93. The second-order valence-electron chi connectivity index (χ2n) is 10.5. The number of aromatic nitrogens is 4. The van der Waals surface area contributed by atoms with Gasteiger partial charge in [0.2, 0.25) is 0 Å². The highest BCUT2D eigenvalue weighted by molar-refractivity contribution is 5.78. The van der Waals surface area contributed by atoms with Gasteiger partial charge in [-0.1, -0.05) is 117 Å². The Bertz CT molecular complexity index is 1940. The molecular formula is C42H42N4. The molecule has 230 valence electrons. The summed E-state index contributed by atoms with van der Waals surface area (Å²) in [5.41, 5.74) is 10.3. The summed E-state index contributed by atoms with van der Waals surface area (Å²) >= 11 is 0. The van der Waals surface area contributed by atoms with Crippen LogP contribution < -0.4 is 0 Å². The van der Waals surface area contributed by atoms with Crippen LogP contribution in [0.1, 0.15) is 61.9 Å². The molecule has 0 aliphatic carbocycles. The van der Waals surface area contributed by atoms with Crippen LogP contribution in [0, 0.1) is 6.92 Å². The van der Waals surface area contributed by atoms with Crippen molar-refractivity contribution in [3.8, 4) is 28.2 Å². The molecule has 0 amide bonds. The van der Waals surface area contributed by atoms with Crippen LogP contribution in [0.3, 0.4) is 0 Å². The van der Waals surface area contributed by atoms with Crippen molar-refractivity contribution in [2.75, 3.05) is 0 Å². The molecule has 4 nitrogen and oxygen atoms in total. The summed E-state index contributed by atoms with van der Waals surface area (Å²) in [6.07, 6.45) is 25.6. The van der Waals surface area contributed by atoms with E-state index in [1.54, 1.807) is 12.2 Å². The molecule has 2 heterocycles. The average molecular weight is 603 g/mol. The fourth-order valence-corrected chi connectivity index (χ4v) is 5.38. The van der Waals surface area contributed by atoms with Crippen molar-refractivity contribution in [3.05, 3.63) is 163 Å². The molecule has 0 aliphatic rings. The van der Waals surface area contributed by atoms with Crippen LogP contribution in [-0.4, -0.2) is 19.5 Å². The van der Waals surface area contributed by atoms with Crippen molar-refractivity contribution in [2.24, 2.45) is 0 Å². The van der Waals surface area contributed by atoms with E-state index >= 15 is 0 Å². The van der Waals surface area contributed by atoms with Crippen molar-refractivity contribution in [1.82, 2.24) is 19.5 Å². The number of hydrogen-bond acceptors (Lipinski definition) is 3. The minimum Gasteiger partial charge on any atom is -0.310 e. The lowest BCUT2D eigenvalue weighted by atomic mass is 10.0. The van der Waals surface area contributed by atoms with E-state index in [1.807, 2.05) is 88.4 Å². The molecule has 2 aromatic carbocycles. The van der Waals surface area contributed by atoms with E-state index in [4.69, 9.17) is 15.0 Å². The Hall–Kier alpha value is -5.61. The number of benzene rings is 2. The van der Waals surface area contributed by atoms with Gasteiger partial charge >= 0.3 is 0 Å². The molecule has 46 heavy (non-hydrogen) atoms. The molecule has 0 N–H and O–H groups in total. The summed E-state index contributed by atoms with van der Waals surface area (Å²) in [5.74, 6) is 1.81. The first kappa shape index (κ1) is 33.3. The van der Waals surface area contributed by atoms with Crippen LogP contribution in [0.25, 0.3) is 57.6 Å². The third-order valence-corrected chi connectivity index (χ3v) is 7.47. The van der Waals surface area contributed by atoms with Gasteiger partial charge in [-0.15, -0.1) is 0 Å². The average Bonchev–Trinajstić information content (AvgIpc) is 3.35. The van der Waals surface area contributed by atoms with Crippen LogP contribution in [0.2, 0.25) is 0 Å². The molecule has 0 saturated heterocycles. The summed E-state index contributed by atoms with van der Waals surface area (Å²) in [7, 11) is 0. The van der Waals surface area contributed by atoms with Crippen molar-refractivity contribution in [3.63, 3.8) is 0 Å². The lowest BCUT2D eigenvalue weighted by molar-refractivity contribution is 1.00. The Kier molecular flexibility index (Phi) is 11.5. The summed E-state index contributed by atoms with van der Waals surface area (Å²) in [6, 6.07) is 16.9. The molecule has 4 rings (SSSR count). The molecule has 0 bridgehead atoms. The number of rotatable bonds is 12. The third-order valence-electron chi connectivity index (χ3n) is 7.47. The van der Waals surface area contributed by atoms with Crippen molar-refractivity contribution in [2.45, 2.75) is 34.6 Å². The Balaban J connectivity index is 1.90. The highest BCUT2D eigenvalue weighted by atomic mass is 15.0. The lowest BCUT2D eigenvalue weighted by Crippen LogP contribution is -2.04. The predicted octanol–water partition coefficient (Wildman–Crippen LogP) is 11.3. The van der Waals surface area contributed by atoms with Gasteiger partial charge in [0.15, 0.2) is 17.5 Å². The van der Waals surface area contributed by atoms with Gasteiger partial charge < -0.3 is 4.57 Å². The van der Waals surface area contributed by atoms with E-state index in [0.717, 1.165) is 50.5 Å². The molecule has 2 aromatic heterocycles. The molecule has 4 aromatic rings. The summed E-state index contributed by atoms with van der Waals surface area (Å²) in [6.45, 7) is 22.1. The Labute approximate surface area is 274 Å². The lowest BCUT2D eigenvalue weighted by Gasteiger charge is -2.13. The molecule has 0 spiro atoms. The molecular weight excluding hydrogens is 560 g/mol. The first-order valence-corrected chi connectivity index (χ1v) is 15.5. The van der Waals surface area contributed by atoms with E-state index in [1.165, 1.54) is 5.56 Å². The minimum atomic E-state index is 0.589. The SMILES string of the molecule is C=C/C=C\c1c(C)c(/C=C\C)c(C=C)n1-c1cccc(-c2cccc(-c3nc(C(/C=C\C)=C/C)nc(C(/C=C\C)=C/C=C)n3)c2)c1. The summed E-state index contributed by atoms with van der Waals surface area (Å²) in [5, 5.41) is 0. The first-order chi connectivity index (χ1) is 22.4. The summed E-state index contributed by atoms with van der Waals surface area (Å²) in [4.78, 5) is 14.7. The highest BCUT2D eigenvalue weighted by Crippen LogP contribution is 2.33. The van der Waals surface area contributed by atoms with Gasteiger partial charge in [-0.2, -0.15) is 0 Å². The van der Waals surface area contributed by atoms with Crippen LogP contribution in [0.5, 0.6) is 0 Å². The highest BCUT2D eigenvalue weighted by Gasteiger charge is 2.18. The van der Waals surface area contributed by atoms with Gasteiger partial charge in [-0.25, -0.2) is 15.0 Å². The fourth-order valence-electron chi connectivity index (χ4n) is 5.38.